The first-order valence-electron chi connectivity index (χ1n) is 26.8. The normalized spacial score (nSPS) is 20.9. The van der Waals surface area contributed by atoms with Crippen LogP contribution in [0.15, 0.2) is 73.1 Å². The second kappa shape index (κ2) is 23.1. The number of hydrogen-bond donors (Lipinski definition) is 4. The van der Waals surface area contributed by atoms with Gasteiger partial charge in [0, 0.05) is 105 Å². The summed E-state index contributed by atoms with van der Waals surface area (Å²) >= 11 is 0. The molecule has 22 heteroatoms. The van der Waals surface area contributed by atoms with Crippen LogP contribution in [-0.2, 0) is 25.3 Å². The van der Waals surface area contributed by atoms with Crippen LogP contribution in [0.25, 0.3) is 28.2 Å². The Morgan fingerprint density at radius 3 is 2.29 bits per heavy atom. The first-order chi connectivity index (χ1) is 37.5. The number of pyridine rings is 2. The number of nitrogens with two attached hydrogens (primary N) is 1. The first kappa shape index (κ1) is 53.7. The summed E-state index contributed by atoms with van der Waals surface area (Å²) in [5, 5.41) is 13.8. The van der Waals surface area contributed by atoms with E-state index in [1.165, 1.54) is 4.90 Å². The van der Waals surface area contributed by atoms with Gasteiger partial charge in [0.1, 0.15) is 17.3 Å². The van der Waals surface area contributed by atoms with E-state index in [0.29, 0.717) is 86.3 Å². The van der Waals surface area contributed by atoms with Gasteiger partial charge in [0.05, 0.1) is 41.3 Å². The van der Waals surface area contributed by atoms with Gasteiger partial charge in [-0.3, -0.25) is 43.8 Å². The highest BCUT2D eigenvalue weighted by atomic mass is 19.4. The van der Waals surface area contributed by atoms with Crippen LogP contribution in [0.4, 0.5) is 35.3 Å². The largest absolute Gasteiger partial charge is 0.416 e. The number of aryl methyl sites for hydroxylation is 1. The highest BCUT2D eigenvalue weighted by Gasteiger charge is 2.34. The van der Waals surface area contributed by atoms with E-state index in [2.05, 4.69) is 30.8 Å². The lowest BCUT2D eigenvalue weighted by Crippen LogP contribution is -2.50. The summed E-state index contributed by atoms with van der Waals surface area (Å²) in [7, 11) is 0. The van der Waals surface area contributed by atoms with Crippen molar-refractivity contribution in [3.8, 4) is 11.3 Å². The molecule has 10 rings (SSSR count). The summed E-state index contributed by atoms with van der Waals surface area (Å²) < 4.78 is 48.5. The molecule has 0 unspecified atom stereocenters. The Bertz CT molecular complexity index is 3130. The minimum atomic E-state index is -4.60. The van der Waals surface area contributed by atoms with Gasteiger partial charge in [0.15, 0.2) is 0 Å². The summed E-state index contributed by atoms with van der Waals surface area (Å²) in [6.45, 7) is 5.44. The Morgan fingerprint density at radius 2 is 1.55 bits per heavy atom. The van der Waals surface area contributed by atoms with Crippen molar-refractivity contribution in [2.75, 3.05) is 68.3 Å². The maximum Gasteiger partial charge on any atom is 0.416 e. The lowest BCUT2D eigenvalue weighted by Gasteiger charge is -2.37. The number of imide groups is 1. The molecule has 0 radical (unpaired) electrons. The summed E-state index contributed by atoms with van der Waals surface area (Å²) in [5.41, 5.74) is 10.5. The summed E-state index contributed by atoms with van der Waals surface area (Å²) in [6, 6.07) is 12.7. The second-order valence-electron chi connectivity index (χ2n) is 20.8. The smallest absolute Gasteiger partial charge is 0.383 e. The molecule has 5 aliphatic rings. The van der Waals surface area contributed by atoms with Crippen molar-refractivity contribution in [1.82, 2.24) is 45.1 Å². The number of hydrogen-bond acceptors (Lipinski definition) is 12. The Kier molecular flexibility index (Phi) is 15.9. The number of fused-ring (bicyclic) bond motifs is 3. The predicted octanol–water partition coefficient (Wildman–Crippen LogP) is 7.12. The number of aromatic nitrogens is 4. The zero-order valence-corrected chi connectivity index (χ0v) is 43.4. The van der Waals surface area contributed by atoms with Crippen LogP contribution in [0.3, 0.4) is 0 Å². The summed E-state index contributed by atoms with van der Waals surface area (Å²) in [5.74, 6) is -1.23. The van der Waals surface area contributed by atoms with Crippen molar-refractivity contribution >= 4 is 69.9 Å². The molecule has 3 saturated heterocycles. The van der Waals surface area contributed by atoms with Gasteiger partial charge in [-0.1, -0.05) is 30.4 Å². The molecule has 1 aliphatic carbocycles. The van der Waals surface area contributed by atoms with Gasteiger partial charge < -0.3 is 30.9 Å². The van der Waals surface area contributed by atoms with Gasteiger partial charge >= 0.3 is 12.2 Å². The molecule has 5 N–H and O–H groups in total. The average Bonchev–Trinajstić information content (AvgIpc) is 3.99. The molecule has 4 aliphatic heterocycles. The SMILES string of the molecule is Cc1ccc(C(=O)N2CCC(OC3CCN(CC(=O)N4CC/C=C/c5cnc(N)c6c(-c7ccc(C(=O)Nc8cc(C(F)(F)F)ccn8)cc7)nn(c56)[C@@H]5CCC[C@H](C5)NC(=O)CC4)CC3)CC2)cc1N1CCC(=O)NC1=O. The van der Waals surface area contributed by atoms with E-state index in [1.807, 2.05) is 34.7 Å². The monoisotopic (exact) mass is 1070 g/mol. The molecule has 410 valence electrons. The van der Waals surface area contributed by atoms with Gasteiger partial charge in [0.25, 0.3) is 11.8 Å². The van der Waals surface area contributed by atoms with E-state index in [0.717, 1.165) is 67.1 Å². The number of likely N-dealkylation sites (tertiary alicyclic amines) is 2. The fourth-order valence-corrected chi connectivity index (χ4v) is 11.3. The molecule has 2 aromatic carbocycles. The zero-order valence-electron chi connectivity index (χ0n) is 43.4. The molecule has 7 amide bonds. The van der Waals surface area contributed by atoms with Gasteiger partial charge in [-0.2, -0.15) is 18.3 Å². The molecular formula is C56H63F3N12O7. The number of carbonyl (C=O) groups is 6. The van der Waals surface area contributed by atoms with Crippen molar-refractivity contribution in [2.24, 2.45) is 0 Å². The zero-order chi connectivity index (χ0) is 54.7. The van der Waals surface area contributed by atoms with Crippen molar-refractivity contribution in [3.63, 3.8) is 0 Å². The number of nitrogens with one attached hydrogen (secondary N) is 3. The number of anilines is 3. The number of halogens is 3. The molecule has 19 nitrogen and oxygen atoms in total. The van der Waals surface area contributed by atoms with Gasteiger partial charge in [-0.15, -0.1) is 0 Å². The number of nitrogens with zero attached hydrogens (tertiary/aromatic N) is 8. The third-order valence-electron chi connectivity index (χ3n) is 15.5. The first-order valence-corrected chi connectivity index (χ1v) is 26.8. The minimum Gasteiger partial charge on any atom is -0.383 e. The van der Waals surface area contributed by atoms with Crippen LogP contribution in [0, 0.1) is 6.92 Å². The van der Waals surface area contributed by atoms with E-state index in [1.54, 1.807) is 47.5 Å². The van der Waals surface area contributed by atoms with Gasteiger partial charge in [-0.25, -0.2) is 14.8 Å². The summed E-state index contributed by atoms with van der Waals surface area (Å²) in [4.78, 5) is 94.4. The number of nitrogen functional groups attached to an aromatic ring is 1. The van der Waals surface area contributed by atoms with Crippen molar-refractivity contribution in [2.45, 2.75) is 108 Å². The third kappa shape index (κ3) is 12.2. The number of amides is 7. The Hall–Kier alpha value is -7.72. The van der Waals surface area contributed by atoms with Crippen molar-refractivity contribution < 1.29 is 46.7 Å². The van der Waals surface area contributed by atoms with Crippen LogP contribution >= 0.6 is 0 Å². The number of carbonyl (C=O) groups excluding carboxylic acids is 6. The lowest BCUT2D eigenvalue weighted by atomic mass is 9.90. The number of urea groups is 1. The van der Waals surface area contributed by atoms with Gasteiger partial charge in [-0.05, 0) is 107 Å². The van der Waals surface area contributed by atoms with E-state index in [4.69, 9.17) is 15.6 Å². The van der Waals surface area contributed by atoms with Crippen molar-refractivity contribution in [1.29, 1.82) is 0 Å². The quantitative estimate of drug-likeness (QED) is 0.116. The van der Waals surface area contributed by atoms with E-state index in [9.17, 15) is 41.9 Å². The molecule has 2 bridgehead atoms. The fourth-order valence-electron chi connectivity index (χ4n) is 11.3. The van der Waals surface area contributed by atoms with Crippen LogP contribution < -0.4 is 26.6 Å². The number of benzene rings is 2. The maximum absolute atomic E-state index is 14.1. The van der Waals surface area contributed by atoms with Crippen LogP contribution in [0.1, 0.15) is 114 Å². The standard InChI is InChI=1S/C56H63F3N12O7/c1-34-8-9-37(29-44(34)70-28-20-47(73)65-55(70)77)54(76)69-25-17-43(18-26-69)78-42-15-23-67(24-16-42)33-48(74)68-22-3-2-5-38-32-62-52(60)49-50(66-71(51(38)49)41-7-4-6-40(31-41)63-46(72)19-27-68)35-10-12-36(13-11-35)53(75)64-45-30-39(14-21-61-45)56(57,58)59/h2,5,8-14,21,29-30,32,40-43H,3-4,6-7,15-20,22-28,31,33H2,1H3,(H2,60,62)(H,63,72)(H,61,64,75)(H,65,73,77)/b5-2+/t40-,41-/m1/s1. The maximum atomic E-state index is 14.1. The van der Waals surface area contributed by atoms with E-state index >= 15 is 0 Å². The molecule has 0 spiro atoms. The predicted molar refractivity (Wildman–Crippen MR) is 285 cm³/mol. The van der Waals surface area contributed by atoms with Crippen LogP contribution in [-0.4, -0.2) is 141 Å². The highest BCUT2D eigenvalue weighted by molar-refractivity contribution is 6.07. The molecule has 5 aromatic rings. The molecular weight excluding hydrogens is 1010 g/mol. The van der Waals surface area contributed by atoms with Crippen molar-refractivity contribution in [3.05, 3.63) is 101 Å². The highest BCUT2D eigenvalue weighted by Crippen LogP contribution is 2.39. The van der Waals surface area contributed by atoms with E-state index < -0.39 is 23.7 Å². The number of ether oxygens (including phenoxy) is 1. The number of alkyl halides is 3. The Morgan fingerprint density at radius 1 is 0.821 bits per heavy atom. The third-order valence-corrected chi connectivity index (χ3v) is 15.5. The molecule has 78 heavy (non-hydrogen) atoms. The molecule has 7 heterocycles. The van der Waals surface area contributed by atoms with Gasteiger partial charge in [0.2, 0.25) is 17.7 Å². The van der Waals surface area contributed by atoms with Crippen LogP contribution in [0.2, 0.25) is 0 Å². The Labute approximate surface area is 448 Å². The lowest BCUT2D eigenvalue weighted by molar-refractivity contribution is -0.137. The molecule has 2 atom stereocenters. The summed E-state index contributed by atoms with van der Waals surface area (Å²) in [6.07, 6.45) is 8.88. The molecule has 3 aromatic heterocycles. The number of piperidine rings is 2. The second-order valence-corrected chi connectivity index (χ2v) is 20.8. The minimum absolute atomic E-state index is 0.00209. The van der Waals surface area contributed by atoms with Crippen LogP contribution in [0.5, 0.6) is 0 Å². The Balaban J connectivity index is 0.757. The average molecular weight is 1070 g/mol. The molecule has 4 fully saturated rings. The van der Waals surface area contributed by atoms with E-state index in [-0.39, 0.29) is 97.6 Å². The number of rotatable bonds is 9. The molecule has 1 saturated carbocycles. The topological polar surface area (TPSA) is 230 Å². The fraction of sp³-hybridized carbons (Fsp3) is 0.446.